The summed E-state index contributed by atoms with van der Waals surface area (Å²) in [5, 5.41) is 2.58. The van der Waals surface area contributed by atoms with Crippen LogP contribution in [0.2, 0.25) is 0 Å². The molecule has 0 atom stereocenters. The number of nitrogens with one attached hydrogen (secondary N) is 1. The Hall–Kier alpha value is -2.91. The van der Waals surface area contributed by atoms with Gasteiger partial charge in [0.1, 0.15) is 0 Å². The van der Waals surface area contributed by atoms with Crippen molar-refractivity contribution in [3.05, 3.63) is 54.1 Å². The van der Waals surface area contributed by atoms with E-state index >= 15 is 0 Å². The van der Waals surface area contributed by atoms with Gasteiger partial charge in [-0.15, -0.1) is 0 Å². The topological polar surface area (TPSA) is 96.0 Å². The second-order valence-corrected chi connectivity index (χ2v) is 8.62. The van der Waals surface area contributed by atoms with E-state index in [1.807, 2.05) is 19.0 Å². The average Bonchev–Trinajstić information content (AvgIpc) is 2.73. The molecule has 8 nitrogen and oxygen atoms in total. The van der Waals surface area contributed by atoms with Gasteiger partial charge in [0.15, 0.2) is 6.61 Å². The highest BCUT2D eigenvalue weighted by molar-refractivity contribution is 7.89. The zero-order valence-electron chi connectivity index (χ0n) is 17.6. The molecule has 0 saturated carbocycles. The van der Waals surface area contributed by atoms with E-state index in [0.29, 0.717) is 24.3 Å². The number of ether oxygens (including phenoxy) is 1. The molecule has 0 saturated heterocycles. The maximum absolute atomic E-state index is 12.5. The zero-order chi connectivity index (χ0) is 22.3. The first kappa shape index (κ1) is 23.4. The molecule has 9 heteroatoms. The average molecular weight is 434 g/mol. The molecule has 2 rings (SSSR count). The summed E-state index contributed by atoms with van der Waals surface area (Å²) in [5.41, 5.74) is 1.69. The van der Waals surface area contributed by atoms with Crippen molar-refractivity contribution in [3.8, 4) is 0 Å². The van der Waals surface area contributed by atoms with Crippen molar-refractivity contribution in [2.24, 2.45) is 0 Å². The van der Waals surface area contributed by atoms with Crippen LogP contribution in [0.3, 0.4) is 0 Å². The molecule has 0 unspecified atom stereocenters. The van der Waals surface area contributed by atoms with Crippen LogP contribution in [-0.2, 0) is 19.6 Å². The molecule has 0 aliphatic heterocycles. The van der Waals surface area contributed by atoms with Gasteiger partial charge in [-0.05, 0) is 48.5 Å². The highest BCUT2D eigenvalue weighted by Gasteiger charge is 2.21. The van der Waals surface area contributed by atoms with E-state index in [0.717, 1.165) is 5.69 Å². The third kappa shape index (κ3) is 5.80. The van der Waals surface area contributed by atoms with Gasteiger partial charge < -0.3 is 15.0 Å². The van der Waals surface area contributed by atoms with Gasteiger partial charge in [-0.3, -0.25) is 4.79 Å². The number of carbonyl (C=O) groups is 2. The highest BCUT2D eigenvalue weighted by atomic mass is 32.2. The lowest BCUT2D eigenvalue weighted by atomic mass is 10.2. The van der Waals surface area contributed by atoms with Crippen LogP contribution in [0.25, 0.3) is 0 Å². The number of carbonyl (C=O) groups excluding carboxylic acids is 2. The molecule has 30 heavy (non-hydrogen) atoms. The maximum atomic E-state index is 12.5. The molecule has 1 amide bonds. The highest BCUT2D eigenvalue weighted by Crippen LogP contribution is 2.18. The van der Waals surface area contributed by atoms with Crippen molar-refractivity contribution in [2.45, 2.75) is 18.7 Å². The number of amides is 1. The van der Waals surface area contributed by atoms with Crippen LogP contribution in [0.5, 0.6) is 0 Å². The number of sulfonamides is 1. The second-order valence-electron chi connectivity index (χ2n) is 6.68. The van der Waals surface area contributed by atoms with Crippen LogP contribution in [0.4, 0.5) is 11.4 Å². The summed E-state index contributed by atoms with van der Waals surface area (Å²) in [7, 11) is 0.225. The van der Waals surface area contributed by atoms with Crippen LogP contribution in [-0.4, -0.2) is 58.4 Å². The summed E-state index contributed by atoms with van der Waals surface area (Å²) < 4.78 is 31.3. The number of rotatable bonds is 9. The molecule has 0 aliphatic rings. The molecule has 162 valence electrons. The largest absolute Gasteiger partial charge is 0.452 e. The van der Waals surface area contributed by atoms with Gasteiger partial charge in [-0.25, -0.2) is 13.2 Å². The predicted molar refractivity (Wildman–Crippen MR) is 116 cm³/mol. The Bertz CT molecular complexity index is 967. The minimum absolute atomic E-state index is 0.150. The number of hydrogen-bond donors (Lipinski definition) is 1. The molecule has 0 fully saturated rings. The van der Waals surface area contributed by atoms with Gasteiger partial charge in [-0.2, -0.15) is 4.31 Å². The molecule has 0 bridgehead atoms. The first-order chi connectivity index (χ1) is 14.2. The number of hydrogen-bond acceptors (Lipinski definition) is 6. The van der Waals surface area contributed by atoms with E-state index < -0.39 is 28.5 Å². The van der Waals surface area contributed by atoms with Gasteiger partial charge in [0.05, 0.1) is 10.5 Å². The molecule has 0 aromatic heterocycles. The Balaban J connectivity index is 1.92. The Morgan fingerprint density at radius 3 is 2.00 bits per heavy atom. The smallest absolute Gasteiger partial charge is 0.338 e. The summed E-state index contributed by atoms with van der Waals surface area (Å²) in [5.74, 6) is -1.12. The summed E-state index contributed by atoms with van der Waals surface area (Å²) >= 11 is 0. The number of anilines is 2. The Labute approximate surface area is 177 Å². The van der Waals surface area contributed by atoms with Crippen LogP contribution < -0.4 is 10.2 Å². The molecule has 0 heterocycles. The van der Waals surface area contributed by atoms with Gasteiger partial charge in [0.2, 0.25) is 10.0 Å². The fourth-order valence-electron chi connectivity index (χ4n) is 2.73. The van der Waals surface area contributed by atoms with Crippen molar-refractivity contribution < 1.29 is 22.7 Å². The minimum atomic E-state index is -3.56. The minimum Gasteiger partial charge on any atom is -0.452 e. The van der Waals surface area contributed by atoms with Gasteiger partial charge in [0, 0.05) is 38.6 Å². The fraction of sp³-hybridized carbons (Fsp3) is 0.333. The maximum Gasteiger partial charge on any atom is 0.338 e. The molecule has 0 aliphatic carbocycles. The summed E-state index contributed by atoms with van der Waals surface area (Å²) in [6, 6.07) is 12.7. The van der Waals surface area contributed by atoms with Crippen molar-refractivity contribution in [1.82, 2.24) is 4.31 Å². The van der Waals surface area contributed by atoms with Crippen molar-refractivity contribution >= 4 is 33.3 Å². The van der Waals surface area contributed by atoms with Crippen molar-refractivity contribution in [2.75, 3.05) is 44.0 Å². The van der Waals surface area contributed by atoms with E-state index in [-0.39, 0.29) is 4.90 Å². The van der Waals surface area contributed by atoms with E-state index in [2.05, 4.69) is 5.32 Å². The number of nitrogens with zero attached hydrogens (tertiary/aromatic N) is 2. The zero-order valence-corrected chi connectivity index (χ0v) is 18.4. The normalized spacial score (nSPS) is 11.2. The van der Waals surface area contributed by atoms with Crippen molar-refractivity contribution in [3.63, 3.8) is 0 Å². The van der Waals surface area contributed by atoms with E-state index in [1.54, 1.807) is 38.1 Å². The molecule has 2 aromatic carbocycles. The van der Waals surface area contributed by atoms with E-state index in [4.69, 9.17) is 4.74 Å². The molecular weight excluding hydrogens is 406 g/mol. The lowest BCUT2D eigenvalue weighted by Gasteiger charge is -2.18. The molecule has 2 aromatic rings. The summed E-state index contributed by atoms with van der Waals surface area (Å²) in [6.07, 6.45) is 0. The predicted octanol–water partition coefficient (Wildman–Crippen LogP) is 2.58. The summed E-state index contributed by atoms with van der Waals surface area (Å²) in [6.45, 7) is 3.84. The Morgan fingerprint density at radius 1 is 0.933 bits per heavy atom. The Morgan fingerprint density at radius 2 is 1.50 bits per heavy atom. The first-order valence-electron chi connectivity index (χ1n) is 9.53. The van der Waals surface area contributed by atoms with E-state index in [1.165, 1.54) is 28.6 Å². The molecule has 0 radical (unpaired) electrons. The monoisotopic (exact) mass is 433 g/mol. The summed E-state index contributed by atoms with van der Waals surface area (Å²) in [4.78, 5) is 26.2. The number of benzene rings is 2. The van der Waals surface area contributed by atoms with Crippen LogP contribution in [0.15, 0.2) is 53.4 Å². The lowest BCUT2D eigenvalue weighted by Crippen LogP contribution is -2.30. The first-order valence-corrected chi connectivity index (χ1v) is 11.0. The third-order valence-electron chi connectivity index (χ3n) is 4.44. The second kappa shape index (κ2) is 10.2. The van der Waals surface area contributed by atoms with Crippen LogP contribution in [0, 0.1) is 0 Å². The number of esters is 1. The van der Waals surface area contributed by atoms with Crippen molar-refractivity contribution in [1.29, 1.82) is 0 Å². The molecule has 1 N–H and O–H groups in total. The quantitative estimate of drug-likeness (QED) is 0.611. The van der Waals surface area contributed by atoms with Gasteiger partial charge >= 0.3 is 5.97 Å². The fourth-order valence-corrected chi connectivity index (χ4v) is 4.19. The third-order valence-corrected chi connectivity index (χ3v) is 6.50. The van der Waals surface area contributed by atoms with Gasteiger partial charge in [0.25, 0.3) is 5.91 Å². The standard InChI is InChI=1S/C21H27N3O5S/c1-5-24(6-2)30(27,28)19-13-9-17(10-14-19)22-20(25)15-29-21(26)16-7-11-18(12-8-16)23(3)4/h7-14H,5-6,15H2,1-4H3,(H,22,25). The van der Waals surface area contributed by atoms with Crippen LogP contribution >= 0.6 is 0 Å². The molecular formula is C21H27N3O5S. The Kier molecular flexibility index (Phi) is 7.96. The van der Waals surface area contributed by atoms with Crippen LogP contribution in [0.1, 0.15) is 24.2 Å². The van der Waals surface area contributed by atoms with E-state index in [9.17, 15) is 18.0 Å². The lowest BCUT2D eigenvalue weighted by molar-refractivity contribution is -0.119. The molecule has 0 spiro atoms. The van der Waals surface area contributed by atoms with Gasteiger partial charge in [-0.1, -0.05) is 13.8 Å². The SMILES string of the molecule is CCN(CC)S(=O)(=O)c1ccc(NC(=O)COC(=O)c2ccc(N(C)C)cc2)cc1.